The van der Waals surface area contributed by atoms with Gasteiger partial charge in [0.25, 0.3) is 5.69 Å². The topological polar surface area (TPSA) is 78.7 Å². The summed E-state index contributed by atoms with van der Waals surface area (Å²) in [5.74, 6) is 0.0939. The lowest BCUT2D eigenvalue weighted by atomic mass is 10.2. The van der Waals surface area contributed by atoms with Crippen molar-refractivity contribution in [1.29, 1.82) is 0 Å². The Bertz CT molecular complexity index is 700. The van der Waals surface area contributed by atoms with Crippen LogP contribution in [0.3, 0.4) is 0 Å². The van der Waals surface area contributed by atoms with Crippen LogP contribution in [0.1, 0.15) is 10.4 Å². The van der Waals surface area contributed by atoms with E-state index in [0.29, 0.717) is 11.3 Å². The minimum atomic E-state index is -0.444. The molecule has 6 nitrogen and oxygen atoms in total. The second kappa shape index (κ2) is 6.95. The number of non-ortho nitro benzene ring substituents is 1. The molecule has 0 aliphatic rings. The summed E-state index contributed by atoms with van der Waals surface area (Å²) in [6.07, 6.45) is 0. The van der Waals surface area contributed by atoms with Crippen molar-refractivity contribution >= 4 is 23.4 Å². The van der Waals surface area contributed by atoms with Crippen molar-refractivity contribution in [2.75, 3.05) is 14.2 Å². The van der Waals surface area contributed by atoms with Crippen LogP contribution in [0, 0.1) is 10.1 Å². The standard InChI is InChI=1S/C15H13NO5S/c1-20-13-9-10(15(17)21-2)3-8-14(13)22-12-6-4-11(5-7-12)16(18)19/h3-9H,1-2H3. The van der Waals surface area contributed by atoms with E-state index < -0.39 is 10.9 Å². The first-order valence-electron chi connectivity index (χ1n) is 6.24. The van der Waals surface area contributed by atoms with Crippen molar-refractivity contribution < 1.29 is 19.2 Å². The monoisotopic (exact) mass is 319 g/mol. The number of ether oxygens (including phenoxy) is 2. The molecule has 0 radical (unpaired) electrons. The molecule has 0 aliphatic carbocycles. The summed E-state index contributed by atoms with van der Waals surface area (Å²) in [7, 11) is 2.82. The average molecular weight is 319 g/mol. The van der Waals surface area contributed by atoms with Crippen LogP contribution in [0.4, 0.5) is 5.69 Å². The molecule has 2 rings (SSSR count). The number of rotatable bonds is 5. The molecule has 114 valence electrons. The van der Waals surface area contributed by atoms with Crippen molar-refractivity contribution in [3.8, 4) is 5.75 Å². The van der Waals surface area contributed by atoms with E-state index in [1.807, 2.05) is 0 Å². The smallest absolute Gasteiger partial charge is 0.337 e. The number of methoxy groups -OCH3 is 2. The second-order valence-electron chi connectivity index (χ2n) is 4.21. The Morgan fingerprint density at radius 3 is 2.36 bits per heavy atom. The number of nitrogens with zero attached hydrogens (tertiary/aromatic N) is 1. The maximum absolute atomic E-state index is 11.5. The van der Waals surface area contributed by atoms with Gasteiger partial charge in [-0.05, 0) is 30.3 Å². The molecular weight excluding hydrogens is 306 g/mol. The van der Waals surface area contributed by atoms with Gasteiger partial charge in [-0.25, -0.2) is 4.79 Å². The van der Waals surface area contributed by atoms with Crippen LogP contribution in [0.15, 0.2) is 52.3 Å². The summed E-state index contributed by atoms with van der Waals surface area (Å²) < 4.78 is 9.94. The zero-order valence-corrected chi connectivity index (χ0v) is 12.8. The Kier molecular flexibility index (Phi) is 5.00. The number of esters is 1. The van der Waals surface area contributed by atoms with Gasteiger partial charge in [-0.15, -0.1) is 0 Å². The van der Waals surface area contributed by atoms with E-state index in [1.54, 1.807) is 30.3 Å². The molecule has 0 fully saturated rings. The van der Waals surface area contributed by atoms with Crippen LogP contribution >= 0.6 is 11.8 Å². The second-order valence-corrected chi connectivity index (χ2v) is 5.33. The highest BCUT2D eigenvalue weighted by atomic mass is 32.2. The lowest BCUT2D eigenvalue weighted by Crippen LogP contribution is -2.01. The van der Waals surface area contributed by atoms with Crippen LogP contribution in [0.2, 0.25) is 0 Å². The van der Waals surface area contributed by atoms with Crippen molar-refractivity contribution in [2.45, 2.75) is 9.79 Å². The molecular formula is C15H13NO5S. The zero-order chi connectivity index (χ0) is 16.1. The van der Waals surface area contributed by atoms with Crippen molar-refractivity contribution in [2.24, 2.45) is 0 Å². The van der Waals surface area contributed by atoms with E-state index in [4.69, 9.17) is 4.74 Å². The Morgan fingerprint density at radius 1 is 1.14 bits per heavy atom. The first-order valence-corrected chi connectivity index (χ1v) is 7.05. The Morgan fingerprint density at radius 2 is 1.82 bits per heavy atom. The molecule has 0 aliphatic heterocycles. The first kappa shape index (κ1) is 15.8. The van der Waals surface area contributed by atoms with Crippen LogP contribution in [-0.4, -0.2) is 25.1 Å². The minimum Gasteiger partial charge on any atom is -0.496 e. The van der Waals surface area contributed by atoms with Gasteiger partial charge in [0, 0.05) is 17.0 Å². The Balaban J connectivity index is 2.25. The van der Waals surface area contributed by atoms with Crippen LogP contribution in [-0.2, 0) is 4.74 Å². The van der Waals surface area contributed by atoms with Crippen LogP contribution in [0.5, 0.6) is 5.75 Å². The first-order chi connectivity index (χ1) is 10.5. The fourth-order valence-electron chi connectivity index (χ4n) is 1.76. The SMILES string of the molecule is COC(=O)c1ccc(Sc2ccc([N+](=O)[O-])cc2)c(OC)c1. The predicted octanol–water partition coefficient (Wildman–Crippen LogP) is 3.54. The average Bonchev–Trinajstić information content (AvgIpc) is 2.55. The highest BCUT2D eigenvalue weighted by Crippen LogP contribution is 2.36. The third-order valence-corrected chi connectivity index (χ3v) is 3.93. The molecule has 0 bridgehead atoms. The summed E-state index contributed by atoms with van der Waals surface area (Å²) in [6, 6.07) is 11.2. The van der Waals surface area contributed by atoms with Crippen molar-refractivity contribution in [1.82, 2.24) is 0 Å². The molecule has 0 saturated carbocycles. The van der Waals surface area contributed by atoms with Crippen molar-refractivity contribution in [3.05, 3.63) is 58.1 Å². The van der Waals surface area contributed by atoms with E-state index in [-0.39, 0.29) is 5.69 Å². The van der Waals surface area contributed by atoms with Gasteiger partial charge in [0.2, 0.25) is 0 Å². The van der Waals surface area contributed by atoms with Crippen LogP contribution < -0.4 is 4.74 Å². The third-order valence-electron chi connectivity index (χ3n) is 2.86. The lowest BCUT2D eigenvalue weighted by molar-refractivity contribution is -0.384. The third kappa shape index (κ3) is 3.56. The summed E-state index contributed by atoms with van der Waals surface area (Å²) in [4.78, 5) is 23.3. The molecule has 0 amide bonds. The molecule has 0 atom stereocenters. The molecule has 0 N–H and O–H groups in total. The fourth-order valence-corrected chi connectivity index (χ4v) is 2.66. The molecule has 2 aromatic rings. The number of nitro groups is 1. The largest absolute Gasteiger partial charge is 0.496 e. The van der Waals surface area contributed by atoms with E-state index in [9.17, 15) is 14.9 Å². The number of carbonyl (C=O) groups is 1. The molecule has 2 aromatic carbocycles. The zero-order valence-electron chi connectivity index (χ0n) is 11.9. The molecule has 0 unspecified atom stereocenters. The molecule has 0 aromatic heterocycles. The van der Waals surface area contributed by atoms with E-state index >= 15 is 0 Å². The molecule has 0 spiro atoms. The summed E-state index contributed by atoms with van der Waals surface area (Å²) >= 11 is 1.39. The van der Waals surface area contributed by atoms with Gasteiger partial charge in [-0.3, -0.25) is 10.1 Å². The van der Waals surface area contributed by atoms with E-state index in [2.05, 4.69) is 4.74 Å². The normalized spacial score (nSPS) is 10.1. The van der Waals surface area contributed by atoms with E-state index in [0.717, 1.165) is 9.79 Å². The maximum Gasteiger partial charge on any atom is 0.337 e. The molecule has 0 saturated heterocycles. The number of nitro benzene ring substituents is 1. The number of benzene rings is 2. The number of hydrogen-bond acceptors (Lipinski definition) is 6. The summed E-state index contributed by atoms with van der Waals surface area (Å²) in [5.41, 5.74) is 0.435. The maximum atomic E-state index is 11.5. The summed E-state index contributed by atoms with van der Waals surface area (Å²) in [6.45, 7) is 0. The fraction of sp³-hybridized carbons (Fsp3) is 0.133. The van der Waals surface area contributed by atoms with Gasteiger partial charge in [-0.2, -0.15) is 0 Å². The molecule has 22 heavy (non-hydrogen) atoms. The Hall–Kier alpha value is -2.54. The van der Waals surface area contributed by atoms with Gasteiger partial charge >= 0.3 is 5.97 Å². The Labute approximate surface area is 131 Å². The van der Waals surface area contributed by atoms with Gasteiger partial charge in [0.1, 0.15) is 5.75 Å². The molecule has 0 heterocycles. The lowest BCUT2D eigenvalue weighted by Gasteiger charge is -2.09. The number of carbonyl (C=O) groups excluding carboxylic acids is 1. The van der Waals surface area contributed by atoms with Gasteiger partial charge in [-0.1, -0.05) is 11.8 Å². The van der Waals surface area contributed by atoms with Gasteiger partial charge in [0.05, 0.1) is 29.6 Å². The van der Waals surface area contributed by atoms with Gasteiger partial charge in [0.15, 0.2) is 0 Å². The highest BCUT2D eigenvalue weighted by Gasteiger charge is 2.12. The van der Waals surface area contributed by atoms with Crippen molar-refractivity contribution in [3.63, 3.8) is 0 Å². The summed E-state index contributed by atoms with van der Waals surface area (Å²) in [5, 5.41) is 10.6. The number of hydrogen-bond donors (Lipinski definition) is 0. The highest BCUT2D eigenvalue weighted by molar-refractivity contribution is 7.99. The van der Waals surface area contributed by atoms with E-state index in [1.165, 1.54) is 38.1 Å². The van der Waals surface area contributed by atoms with Crippen LogP contribution in [0.25, 0.3) is 0 Å². The minimum absolute atomic E-state index is 0.0392. The van der Waals surface area contributed by atoms with Gasteiger partial charge < -0.3 is 9.47 Å². The quantitative estimate of drug-likeness (QED) is 0.476. The molecule has 7 heteroatoms. The predicted molar refractivity (Wildman–Crippen MR) is 81.6 cm³/mol.